The van der Waals surface area contributed by atoms with Crippen LogP contribution >= 0.6 is 0 Å². The van der Waals surface area contributed by atoms with Crippen LogP contribution in [0.15, 0.2) is 54.6 Å². The summed E-state index contributed by atoms with van der Waals surface area (Å²) in [5.41, 5.74) is -0.196. The molecule has 3 unspecified atom stereocenters. The molecule has 3 rings (SSSR count). The van der Waals surface area contributed by atoms with E-state index in [0.29, 0.717) is 17.1 Å². The average molecular weight is 436 g/mol. The summed E-state index contributed by atoms with van der Waals surface area (Å²) in [4.78, 5) is 35.7. The second kappa shape index (κ2) is 9.52. The zero-order valence-electron chi connectivity index (χ0n) is 17.8. The number of rotatable bonds is 9. The van der Waals surface area contributed by atoms with Crippen LogP contribution in [0.4, 0.5) is 0 Å². The fourth-order valence-electron chi connectivity index (χ4n) is 3.69. The van der Waals surface area contributed by atoms with Crippen LogP contribution in [-0.4, -0.2) is 29.5 Å². The maximum atomic E-state index is 12.8. The number of ether oxygens (including phenoxy) is 2. The van der Waals surface area contributed by atoms with E-state index in [2.05, 4.69) is 5.32 Å². The number of carbonyl (C=O) groups excluding carboxylic acids is 2. The smallest absolute Gasteiger partial charge is 0.311 e. The van der Waals surface area contributed by atoms with Gasteiger partial charge < -0.3 is 19.9 Å². The Kier molecular flexibility index (Phi) is 6.79. The maximum absolute atomic E-state index is 12.8. The van der Waals surface area contributed by atoms with E-state index in [1.807, 2.05) is 24.3 Å². The lowest BCUT2D eigenvalue weighted by Crippen LogP contribution is -2.29. The van der Waals surface area contributed by atoms with Gasteiger partial charge in [0.25, 0.3) is 0 Å². The fourth-order valence-corrected chi connectivity index (χ4v) is 3.69. The Morgan fingerprint density at radius 1 is 1.09 bits per heavy atom. The lowest BCUT2D eigenvalue weighted by molar-refractivity contribution is -0.150. The van der Waals surface area contributed by atoms with Gasteiger partial charge in [-0.1, -0.05) is 44.2 Å². The molecular weight excluding hydrogens is 412 g/mol. The summed E-state index contributed by atoms with van der Waals surface area (Å²) in [7, 11) is 0. The molecule has 0 bridgehead atoms. The van der Waals surface area contributed by atoms with E-state index in [1.165, 1.54) is 0 Å². The molecule has 1 saturated carbocycles. The number of nitriles is 1. The van der Waals surface area contributed by atoms with Gasteiger partial charge in [0.05, 0.1) is 18.3 Å². The summed E-state index contributed by atoms with van der Waals surface area (Å²) in [6, 6.07) is 17.8. The molecule has 0 radical (unpaired) electrons. The van der Waals surface area contributed by atoms with E-state index in [9.17, 15) is 19.6 Å². The van der Waals surface area contributed by atoms with Crippen LogP contribution in [0.25, 0.3) is 0 Å². The highest BCUT2D eigenvalue weighted by atomic mass is 16.5. The highest BCUT2D eigenvalue weighted by Gasteiger charge is 2.66. The molecule has 8 nitrogen and oxygen atoms in total. The molecule has 1 fully saturated rings. The monoisotopic (exact) mass is 436 g/mol. The average Bonchev–Trinajstić information content (AvgIpc) is 3.34. The van der Waals surface area contributed by atoms with Crippen LogP contribution in [0.1, 0.15) is 31.9 Å². The minimum absolute atomic E-state index is 0.0163. The van der Waals surface area contributed by atoms with Gasteiger partial charge in [-0.3, -0.25) is 14.4 Å². The maximum Gasteiger partial charge on any atom is 0.311 e. The Bertz CT molecular complexity index is 1040. The summed E-state index contributed by atoms with van der Waals surface area (Å²) in [6.07, 6.45) is -1.36. The van der Waals surface area contributed by atoms with Gasteiger partial charge in [0.2, 0.25) is 12.0 Å². The summed E-state index contributed by atoms with van der Waals surface area (Å²) in [6.45, 7) is 3.50. The first-order chi connectivity index (χ1) is 15.2. The number of carboxylic acid groups (broad SMARTS) is 1. The molecule has 0 spiro atoms. The zero-order valence-corrected chi connectivity index (χ0v) is 17.8. The van der Waals surface area contributed by atoms with Gasteiger partial charge in [-0.25, -0.2) is 0 Å². The number of aliphatic carboxylic acids is 1. The van der Waals surface area contributed by atoms with Gasteiger partial charge in [0.15, 0.2) is 0 Å². The first-order valence-electron chi connectivity index (χ1n) is 10.2. The van der Waals surface area contributed by atoms with Crippen molar-refractivity contribution in [3.05, 3.63) is 60.2 Å². The summed E-state index contributed by atoms with van der Waals surface area (Å²) < 4.78 is 11.2. The largest absolute Gasteiger partial charge is 0.481 e. The van der Waals surface area contributed by atoms with Crippen molar-refractivity contribution in [3.8, 4) is 17.6 Å². The Balaban J connectivity index is 1.65. The first kappa shape index (κ1) is 22.8. The molecule has 0 aromatic heterocycles. The molecule has 166 valence electrons. The van der Waals surface area contributed by atoms with E-state index >= 15 is 0 Å². The molecule has 0 saturated heterocycles. The van der Waals surface area contributed by atoms with Crippen molar-refractivity contribution in [1.29, 1.82) is 5.26 Å². The summed E-state index contributed by atoms with van der Waals surface area (Å²) in [5.74, 6) is -2.30. The number of esters is 1. The van der Waals surface area contributed by atoms with Crippen molar-refractivity contribution < 1.29 is 29.0 Å². The molecule has 2 N–H and O–H groups in total. The van der Waals surface area contributed by atoms with Crippen LogP contribution in [-0.2, 0) is 19.1 Å². The van der Waals surface area contributed by atoms with Crippen molar-refractivity contribution in [1.82, 2.24) is 5.32 Å². The Morgan fingerprint density at radius 2 is 1.78 bits per heavy atom. The number of amides is 1. The van der Waals surface area contributed by atoms with Gasteiger partial charge in [0, 0.05) is 12.1 Å². The third-order valence-corrected chi connectivity index (χ3v) is 5.49. The van der Waals surface area contributed by atoms with E-state index < -0.39 is 41.2 Å². The van der Waals surface area contributed by atoms with E-state index in [-0.39, 0.29) is 13.0 Å². The minimum atomic E-state index is -1.16. The molecule has 3 atom stereocenters. The highest BCUT2D eigenvalue weighted by molar-refractivity contribution is 5.92. The van der Waals surface area contributed by atoms with Crippen molar-refractivity contribution in [2.75, 3.05) is 6.54 Å². The number of carbonyl (C=O) groups is 3. The number of para-hydroxylation sites is 1. The van der Waals surface area contributed by atoms with Crippen molar-refractivity contribution >= 4 is 17.8 Å². The topological polar surface area (TPSA) is 126 Å². The quantitative estimate of drug-likeness (QED) is 0.577. The second-order valence-electron chi connectivity index (χ2n) is 8.15. The lowest BCUT2D eigenvalue weighted by Gasteiger charge is -2.13. The van der Waals surface area contributed by atoms with Crippen molar-refractivity contribution in [2.24, 2.45) is 17.3 Å². The summed E-state index contributed by atoms with van der Waals surface area (Å²) >= 11 is 0. The minimum Gasteiger partial charge on any atom is -0.481 e. The van der Waals surface area contributed by atoms with E-state index in [1.54, 1.807) is 50.2 Å². The van der Waals surface area contributed by atoms with Crippen LogP contribution in [0, 0.1) is 28.6 Å². The van der Waals surface area contributed by atoms with Crippen LogP contribution in [0.5, 0.6) is 11.5 Å². The van der Waals surface area contributed by atoms with Gasteiger partial charge in [0.1, 0.15) is 17.6 Å². The third-order valence-electron chi connectivity index (χ3n) is 5.49. The SMILES string of the molecule is CC1(C)C(C(=O)NCCC(=O)O)C1C(=O)OC(C#N)c1cccc(Oc2ccccc2)c1. The van der Waals surface area contributed by atoms with Crippen LogP contribution < -0.4 is 10.1 Å². The second-order valence-corrected chi connectivity index (χ2v) is 8.15. The van der Waals surface area contributed by atoms with Gasteiger partial charge in [-0.05, 0) is 29.7 Å². The van der Waals surface area contributed by atoms with Crippen LogP contribution in [0.3, 0.4) is 0 Å². The van der Waals surface area contributed by atoms with Crippen molar-refractivity contribution in [2.45, 2.75) is 26.4 Å². The van der Waals surface area contributed by atoms with Gasteiger partial charge in [-0.2, -0.15) is 5.26 Å². The van der Waals surface area contributed by atoms with Crippen molar-refractivity contribution in [3.63, 3.8) is 0 Å². The molecule has 0 heterocycles. The molecule has 1 amide bonds. The van der Waals surface area contributed by atoms with Crippen LogP contribution in [0.2, 0.25) is 0 Å². The highest BCUT2D eigenvalue weighted by Crippen LogP contribution is 2.59. The lowest BCUT2D eigenvalue weighted by atomic mass is 10.1. The van der Waals surface area contributed by atoms with E-state index in [0.717, 1.165) is 0 Å². The molecule has 0 aliphatic heterocycles. The van der Waals surface area contributed by atoms with Gasteiger partial charge >= 0.3 is 11.9 Å². The first-order valence-corrected chi connectivity index (χ1v) is 10.2. The Labute approximate surface area is 185 Å². The molecule has 1 aliphatic rings. The number of carboxylic acids is 1. The van der Waals surface area contributed by atoms with E-state index in [4.69, 9.17) is 14.6 Å². The zero-order chi connectivity index (χ0) is 23.3. The molecular formula is C24H24N2O6. The van der Waals surface area contributed by atoms with Gasteiger partial charge in [-0.15, -0.1) is 0 Å². The third kappa shape index (κ3) is 5.24. The normalized spacial score (nSPS) is 19.2. The number of benzene rings is 2. The summed E-state index contributed by atoms with van der Waals surface area (Å²) in [5, 5.41) is 20.8. The number of nitrogens with zero attached hydrogens (tertiary/aromatic N) is 1. The molecule has 8 heteroatoms. The number of hydrogen-bond donors (Lipinski definition) is 2. The molecule has 32 heavy (non-hydrogen) atoms. The Morgan fingerprint density at radius 3 is 2.44 bits per heavy atom. The number of hydrogen-bond acceptors (Lipinski definition) is 6. The fraction of sp³-hybridized carbons (Fsp3) is 0.333. The Hall–Kier alpha value is -3.86. The predicted molar refractivity (Wildman–Crippen MR) is 113 cm³/mol. The molecule has 2 aromatic carbocycles. The predicted octanol–water partition coefficient (Wildman–Crippen LogP) is 3.45. The molecule has 1 aliphatic carbocycles. The molecule has 2 aromatic rings. The number of nitrogens with one attached hydrogen (secondary N) is 1. The standard InChI is InChI=1S/C24H24N2O6/c1-24(2)20(22(29)26-12-11-19(27)28)21(24)23(30)32-18(14-25)15-7-6-10-17(13-15)31-16-8-4-3-5-9-16/h3-10,13,18,20-21H,11-12H2,1-2H3,(H,26,29)(H,27,28).